The molecule has 15 aromatic carbocycles. The largest absolute Gasteiger partial charge is 0.458 e. The van der Waals surface area contributed by atoms with E-state index >= 15 is 0 Å². The lowest BCUT2D eigenvalue weighted by molar-refractivity contribution is -0.571. The molecule has 0 aliphatic heterocycles. The van der Waals surface area contributed by atoms with Crippen LogP contribution in [0.1, 0.15) is 95.0 Å². The van der Waals surface area contributed by atoms with E-state index in [-0.39, 0.29) is 39.6 Å². The second-order valence-corrected chi connectivity index (χ2v) is 32.7. The highest BCUT2D eigenvalue weighted by atomic mass is 28.3. The summed E-state index contributed by atoms with van der Waals surface area (Å²) in [4.78, 5) is 4.72. The second kappa shape index (κ2) is 28.1. The lowest BCUT2D eigenvalue weighted by atomic mass is 9.86. The summed E-state index contributed by atoms with van der Waals surface area (Å²) in [6, 6.07) is -19.6. The zero-order valence-corrected chi connectivity index (χ0v) is 59.0. The number of ether oxygens (including phenoxy) is 1. The first kappa shape index (κ1) is 33.6. The Kier molecular flexibility index (Phi) is 8.74. The molecule has 0 aliphatic carbocycles. The Morgan fingerprint density at radius 1 is 0.389 bits per heavy atom. The molecule has 0 unspecified atom stereocenters. The maximum Gasteiger partial charge on any atom is 0.269 e. The maximum absolute atomic E-state index is 11.4. The Balaban J connectivity index is 1.02. The van der Waals surface area contributed by atoms with Gasteiger partial charge in [-0.05, 0) is 152 Å². The van der Waals surface area contributed by atoms with E-state index in [1.54, 1.807) is 65.2 Å². The Bertz CT molecular complexity index is 8380. The van der Waals surface area contributed by atoms with Crippen LogP contribution in [0.25, 0.3) is 94.5 Å². The van der Waals surface area contributed by atoms with E-state index in [9.17, 15) is 43.9 Å². The molecular weight excluding hydrogens is 1340 g/mol. The van der Waals surface area contributed by atoms with Crippen molar-refractivity contribution in [2.24, 2.45) is 0 Å². The smallest absolute Gasteiger partial charge is 0.269 e. The summed E-state index contributed by atoms with van der Waals surface area (Å²) < 4.78 is 454. The normalized spacial score (nSPS) is 18.0. The van der Waals surface area contributed by atoms with Crippen LogP contribution in [0.5, 0.6) is 11.5 Å². The van der Waals surface area contributed by atoms with Gasteiger partial charge in [-0.1, -0.05) is 359 Å². The van der Waals surface area contributed by atoms with Gasteiger partial charge in [0.15, 0.2) is 16.1 Å². The number of aromatic nitrogens is 4. The lowest BCUT2D eigenvalue weighted by Gasteiger charge is -2.35. The summed E-state index contributed by atoms with van der Waals surface area (Å²) in [5.74, 6) is 0.0712. The molecule has 0 bridgehead atoms. The third-order valence-corrected chi connectivity index (χ3v) is 26.6. The summed E-state index contributed by atoms with van der Waals surface area (Å²) >= 11 is 0. The first-order valence-electron chi connectivity index (χ1n) is 56.5. The molecule has 0 amide bonds. The Morgan fingerprint density at radius 2 is 0.861 bits per heavy atom. The number of benzene rings is 15. The van der Waals surface area contributed by atoms with Gasteiger partial charge in [0.1, 0.15) is 17.3 Å². The first-order valence-corrected chi connectivity index (χ1v) is 37.5. The highest BCUT2D eigenvalue weighted by Crippen LogP contribution is 2.40. The van der Waals surface area contributed by atoms with Crippen molar-refractivity contribution in [1.29, 1.82) is 0 Å². The number of fused-ring (bicyclic) bond motifs is 4. The van der Waals surface area contributed by atoms with Crippen molar-refractivity contribution in [3.8, 4) is 73.2 Å². The minimum atomic E-state index is -6.83. The number of rotatable bonds is 17. The monoisotopic (exact) mass is 1460 g/mol. The standard InChI is InChI=1S/C101H78N4OSi2/c1-72-64-99(102-70-94(72)74-32-12-5-13-33-74)105-95-55-27-26-52-92(95)93-62-61-81(69-97(93)105)106-80-37-30-36-79(68-80)103-71-104(96-63-58-75(67-98(96)103)73-56-59-78(60-57-73)101(2,3)4)100-90(76-34-28-50-88(65-76)107(82-38-14-6-15-39-82,83-40-16-7-17-41-83)84-42-18-8-19-43-84)53-31-54-91(100)77-35-29-51-89(66-77)108(85-44-20-9-21-45-85,86-46-22-10-23-47-86)87-48-24-11-25-49-87/h5-70H,1-4H3/i1D3,5D,6D,7D,8D,9D,10D,11D,12D,13D,14D,15D,16D,17D,18D,19D,20D,21D,22D,23D,24D,25D,28D,29D,32D,33D,34D,35D,38D,39D,40D,41D,42D,43D,44D,45D,46D,47D,48D,49D,50D,51D,65D,66D. The summed E-state index contributed by atoms with van der Waals surface area (Å²) in [5.41, 5.74) is -3.30. The molecule has 516 valence electrons. The lowest BCUT2D eigenvalue weighted by Crippen LogP contribution is -2.74. The van der Waals surface area contributed by atoms with Crippen molar-refractivity contribution in [3.05, 3.63) is 417 Å². The van der Waals surface area contributed by atoms with Gasteiger partial charge in [-0.25, -0.2) is 4.98 Å². The van der Waals surface area contributed by atoms with E-state index in [1.807, 2.05) is 45.0 Å². The number of hydrogen-bond acceptors (Lipinski definition) is 2. The Morgan fingerprint density at radius 3 is 1.39 bits per heavy atom. The van der Waals surface area contributed by atoms with Crippen LogP contribution in [0.3, 0.4) is 0 Å². The molecule has 0 saturated heterocycles. The minimum absolute atomic E-state index is 0.00413. The minimum Gasteiger partial charge on any atom is -0.458 e. The molecule has 0 fully saturated rings. The van der Waals surface area contributed by atoms with Gasteiger partial charge in [0.2, 0.25) is 0 Å². The number of aryl methyl sites for hydroxylation is 1. The average molecular weight is 1470 g/mol. The van der Waals surface area contributed by atoms with E-state index in [1.165, 1.54) is 34.9 Å². The molecule has 5 nitrogen and oxygen atoms in total. The van der Waals surface area contributed by atoms with Gasteiger partial charge < -0.3 is 4.74 Å². The summed E-state index contributed by atoms with van der Waals surface area (Å²) in [7, 11) is -13.7. The van der Waals surface area contributed by atoms with Crippen LogP contribution >= 0.6 is 0 Å². The number of para-hydroxylation sites is 2. The quantitative estimate of drug-likeness (QED) is 0.0394. The zero-order valence-electron chi connectivity index (χ0n) is 103. The molecule has 0 aliphatic rings. The molecule has 0 atom stereocenters. The number of nitrogens with zero attached hydrogens (tertiary/aromatic N) is 4. The molecule has 18 aromatic rings. The molecule has 0 spiro atoms. The predicted molar refractivity (Wildman–Crippen MR) is 455 cm³/mol. The highest BCUT2D eigenvalue weighted by Gasteiger charge is 2.43. The first-order chi connectivity index (χ1) is 72.1. The van der Waals surface area contributed by atoms with E-state index in [0.717, 1.165) is 34.5 Å². The molecule has 3 aromatic heterocycles. The fourth-order valence-electron chi connectivity index (χ4n) is 13.7. The van der Waals surface area contributed by atoms with Crippen molar-refractivity contribution in [3.63, 3.8) is 0 Å². The number of hydrogen-bond donors (Lipinski definition) is 0. The summed E-state index contributed by atoms with van der Waals surface area (Å²) in [6.45, 7) is 2.93. The van der Waals surface area contributed by atoms with Crippen molar-refractivity contribution in [2.75, 3.05) is 0 Å². The van der Waals surface area contributed by atoms with Crippen LogP contribution in [0.2, 0.25) is 0 Å². The predicted octanol–water partition coefficient (Wildman–Crippen LogP) is 19.0. The fraction of sp³-hybridized carbons (Fsp3) is 0.0495. The highest BCUT2D eigenvalue weighted by molar-refractivity contribution is 7.20. The SMILES string of the molecule is [2H]c1c([2H])c([2H])c(-c2cnc(-n3c4ccccc4c4ccc(Oc5cccc(-n6[c-][n+](-c7c(-c8c([2H])c([2H])c([2H])c([Si](c9c([2H])c([2H])c([2H])c([2H])c9[2H])(c9c([2H])c([2H])c([2H])c([2H])c9[2H])c9c([2H])c([2H])c([2H])c([2H])c9[2H])c8[2H])cccc7-c7c([2H])c([2H])c([2H])c([Si](c8c([2H])c([2H])c([2H])c([2H])c8[2H])(c8c([2H])c([2H])c([2H])c([2H])c8[2H])c8c([2H])c([2H])c([2H])c([2H])c8[2H])c7[2H])c7ccc(-c8ccc(C(C)(C)C)cc8)cc76)c5)cc43)cc2C([2H])([2H])[2H])c([2H])c1[2H]. The Labute approximate surface area is 698 Å². The molecule has 7 heteroatoms. The fourth-order valence-corrected chi connectivity index (χ4v) is 20.8. The van der Waals surface area contributed by atoms with Crippen molar-refractivity contribution >= 4 is 90.5 Å². The van der Waals surface area contributed by atoms with E-state index in [0.29, 0.717) is 32.9 Å². The molecule has 3 heterocycles. The topological polar surface area (TPSA) is 35.9 Å². The zero-order chi connectivity index (χ0) is 113. The van der Waals surface area contributed by atoms with Crippen LogP contribution in [-0.2, 0) is 5.41 Å². The van der Waals surface area contributed by atoms with E-state index in [2.05, 4.69) is 6.33 Å². The van der Waals surface area contributed by atoms with Crippen LogP contribution in [0.4, 0.5) is 0 Å². The summed E-state index contributed by atoms with van der Waals surface area (Å²) in [6.07, 6.45) is 4.46. The van der Waals surface area contributed by atoms with Crippen LogP contribution in [-0.4, -0.2) is 30.3 Å². The van der Waals surface area contributed by atoms with Crippen molar-refractivity contribution in [1.82, 2.24) is 14.1 Å². The maximum atomic E-state index is 11.4. The molecule has 18 rings (SSSR count). The van der Waals surface area contributed by atoms with Crippen LogP contribution < -0.4 is 50.8 Å². The molecule has 108 heavy (non-hydrogen) atoms. The third kappa shape index (κ3) is 11.9. The van der Waals surface area contributed by atoms with Gasteiger partial charge in [0, 0.05) is 32.7 Å². The van der Waals surface area contributed by atoms with Gasteiger partial charge in [-0.15, -0.1) is 0 Å². The van der Waals surface area contributed by atoms with Crippen LogP contribution in [0.15, 0.2) is 399 Å². The van der Waals surface area contributed by atoms with E-state index < -0.39 is 369 Å². The van der Waals surface area contributed by atoms with Crippen molar-refractivity contribution < 1.29 is 72.4 Å². The average Bonchev–Trinajstić information content (AvgIpc) is 1.02. The van der Waals surface area contributed by atoms with Gasteiger partial charge in [0.25, 0.3) is 6.33 Å². The van der Waals surface area contributed by atoms with Gasteiger partial charge >= 0.3 is 0 Å². The van der Waals surface area contributed by atoms with Crippen LogP contribution in [0, 0.1) is 13.2 Å². The number of pyridine rings is 1. The second-order valence-electron chi connectivity index (χ2n) is 25.7. The molecular formula is C101H78N4OSi2. The molecule has 0 radical (unpaired) electrons. The summed E-state index contributed by atoms with van der Waals surface area (Å²) in [5, 5.41) is -9.04. The van der Waals surface area contributed by atoms with Crippen molar-refractivity contribution in [2.45, 2.75) is 33.0 Å². The molecule has 0 saturated carbocycles. The van der Waals surface area contributed by atoms with Gasteiger partial charge in [0.05, 0.1) is 92.4 Å². The van der Waals surface area contributed by atoms with Gasteiger partial charge in [-0.2, -0.15) is 0 Å². The third-order valence-electron chi connectivity index (χ3n) is 18.6. The van der Waals surface area contributed by atoms with Gasteiger partial charge in [-0.3, -0.25) is 13.7 Å². The van der Waals surface area contributed by atoms with E-state index in [4.69, 9.17) is 28.9 Å². The molecule has 0 N–H and O–H groups in total. The Hall–Kier alpha value is -13.0. The number of imidazole rings is 1.